The van der Waals surface area contributed by atoms with Gasteiger partial charge in [-0.25, -0.2) is 4.98 Å². The largest absolute Gasteiger partial charge is 0.479 e. The molecule has 1 aliphatic carbocycles. The molecule has 1 fully saturated rings. The molecule has 1 atom stereocenters. The smallest absolute Gasteiger partial charge is 0.242 e. The molecule has 2 N–H and O–H groups in total. The first-order valence-corrected chi connectivity index (χ1v) is 6.59. The molecule has 0 amide bonds. The molecule has 1 aromatic rings. The standard InChI is InChI=1S/C13H22N4O2/c1-9(10-4-5-10)17(6-7-18-2)12-11(14)13(19-3)16-8-15-12/h8-10H,4-7,14H2,1-3H3. The van der Waals surface area contributed by atoms with Crippen molar-refractivity contribution in [3.8, 4) is 5.88 Å². The molecule has 0 aliphatic heterocycles. The van der Waals surface area contributed by atoms with Gasteiger partial charge in [-0.05, 0) is 25.7 Å². The first-order valence-electron chi connectivity index (χ1n) is 6.59. The van der Waals surface area contributed by atoms with E-state index in [1.165, 1.54) is 19.2 Å². The number of nitrogen functional groups attached to an aromatic ring is 1. The first-order chi connectivity index (χ1) is 9.19. The second-order valence-corrected chi connectivity index (χ2v) is 4.88. The van der Waals surface area contributed by atoms with Crippen LogP contribution in [-0.4, -0.2) is 43.4 Å². The SMILES string of the molecule is COCCN(c1ncnc(OC)c1N)C(C)C1CC1. The quantitative estimate of drug-likeness (QED) is 0.802. The van der Waals surface area contributed by atoms with Crippen LogP contribution in [0.2, 0.25) is 0 Å². The minimum absolute atomic E-state index is 0.400. The van der Waals surface area contributed by atoms with Crippen molar-refractivity contribution in [2.75, 3.05) is 38.0 Å². The summed E-state index contributed by atoms with van der Waals surface area (Å²) in [5, 5.41) is 0. The number of nitrogens with zero attached hydrogens (tertiary/aromatic N) is 3. The van der Waals surface area contributed by atoms with Crippen LogP contribution in [0.25, 0.3) is 0 Å². The van der Waals surface area contributed by atoms with Gasteiger partial charge in [-0.1, -0.05) is 0 Å². The van der Waals surface area contributed by atoms with Crippen molar-refractivity contribution in [2.45, 2.75) is 25.8 Å². The van der Waals surface area contributed by atoms with Crippen LogP contribution in [0.3, 0.4) is 0 Å². The van der Waals surface area contributed by atoms with Crippen LogP contribution in [0.15, 0.2) is 6.33 Å². The van der Waals surface area contributed by atoms with Gasteiger partial charge in [0, 0.05) is 19.7 Å². The van der Waals surface area contributed by atoms with Crippen molar-refractivity contribution in [2.24, 2.45) is 5.92 Å². The Morgan fingerprint density at radius 2 is 2.16 bits per heavy atom. The Morgan fingerprint density at radius 1 is 1.42 bits per heavy atom. The minimum Gasteiger partial charge on any atom is -0.479 e. The molecule has 2 rings (SSSR count). The summed E-state index contributed by atoms with van der Waals surface area (Å²) in [6, 6.07) is 0.400. The van der Waals surface area contributed by atoms with Crippen LogP contribution >= 0.6 is 0 Å². The van der Waals surface area contributed by atoms with Gasteiger partial charge in [0.15, 0.2) is 5.82 Å². The van der Waals surface area contributed by atoms with Gasteiger partial charge in [0.05, 0.1) is 13.7 Å². The molecule has 6 nitrogen and oxygen atoms in total. The summed E-state index contributed by atoms with van der Waals surface area (Å²) in [5.74, 6) is 1.89. The average Bonchev–Trinajstić information content (AvgIpc) is 3.25. The summed E-state index contributed by atoms with van der Waals surface area (Å²) >= 11 is 0. The van der Waals surface area contributed by atoms with Gasteiger partial charge in [-0.15, -0.1) is 0 Å². The summed E-state index contributed by atoms with van der Waals surface area (Å²) in [4.78, 5) is 10.5. The number of aromatic nitrogens is 2. The zero-order valence-electron chi connectivity index (χ0n) is 11.8. The lowest BCUT2D eigenvalue weighted by Gasteiger charge is -2.31. The lowest BCUT2D eigenvalue weighted by Crippen LogP contribution is -2.38. The van der Waals surface area contributed by atoms with Crippen molar-refractivity contribution in [3.05, 3.63) is 6.33 Å². The summed E-state index contributed by atoms with van der Waals surface area (Å²) in [7, 11) is 3.26. The van der Waals surface area contributed by atoms with Crippen LogP contribution in [0, 0.1) is 5.92 Å². The summed E-state index contributed by atoms with van der Waals surface area (Å²) in [5.41, 5.74) is 6.59. The van der Waals surface area contributed by atoms with Crippen molar-refractivity contribution >= 4 is 11.5 Å². The van der Waals surface area contributed by atoms with Crippen molar-refractivity contribution in [1.29, 1.82) is 0 Å². The van der Waals surface area contributed by atoms with E-state index in [4.69, 9.17) is 15.2 Å². The van der Waals surface area contributed by atoms with Crippen LogP contribution in [0.5, 0.6) is 5.88 Å². The minimum atomic E-state index is 0.400. The Bertz CT molecular complexity index is 423. The molecular formula is C13H22N4O2. The van der Waals surface area contributed by atoms with Gasteiger partial charge in [-0.2, -0.15) is 4.98 Å². The van der Waals surface area contributed by atoms with Gasteiger partial charge in [0.25, 0.3) is 0 Å². The van der Waals surface area contributed by atoms with Gasteiger partial charge in [0.1, 0.15) is 12.0 Å². The maximum Gasteiger partial charge on any atom is 0.242 e. The van der Waals surface area contributed by atoms with E-state index in [1.54, 1.807) is 14.2 Å². The normalized spacial score (nSPS) is 16.2. The fourth-order valence-electron chi connectivity index (χ4n) is 2.29. The monoisotopic (exact) mass is 266 g/mol. The van der Waals surface area contributed by atoms with Gasteiger partial charge in [0.2, 0.25) is 5.88 Å². The van der Waals surface area contributed by atoms with E-state index in [-0.39, 0.29) is 0 Å². The number of rotatable bonds is 7. The molecule has 0 aromatic carbocycles. The summed E-state index contributed by atoms with van der Waals surface area (Å²) in [6.07, 6.45) is 4.03. The van der Waals surface area contributed by atoms with Crippen LogP contribution in [-0.2, 0) is 4.74 Å². The van der Waals surface area contributed by atoms with E-state index in [0.29, 0.717) is 24.2 Å². The molecule has 1 aromatic heterocycles. The highest BCUT2D eigenvalue weighted by Gasteiger charge is 2.33. The number of hydrogen-bond acceptors (Lipinski definition) is 6. The summed E-state index contributed by atoms with van der Waals surface area (Å²) in [6.45, 7) is 3.61. The van der Waals surface area contributed by atoms with Gasteiger partial charge >= 0.3 is 0 Å². The molecule has 0 radical (unpaired) electrons. The van der Waals surface area contributed by atoms with Gasteiger partial charge in [-0.3, -0.25) is 0 Å². The van der Waals surface area contributed by atoms with Crippen molar-refractivity contribution in [1.82, 2.24) is 9.97 Å². The second-order valence-electron chi connectivity index (χ2n) is 4.88. The summed E-state index contributed by atoms with van der Waals surface area (Å²) < 4.78 is 10.3. The maximum absolute atomic E-state index is 6.09. The zero-order valence-corrected chi connectivity index (χ0v) is 11.8. The van der Waals surface area contributed by atoms with E-state index in [2.05, 4.69) is 21.8 Å². The Labute approximate surface area is 113 Å². The third-order valence-corrected chi connectivity index (χ3v) is 3.62. The number of ether oxygens (including phenoxy) is 2. The van der Waals surface area contributed by atoms with Gasteiger partial charge < -0.3 is 20.1 Å². The predicted molar refractivity (Wildman–Crippen MR) is 74.4 cm³/mol. The van der Waals surface area contributed by atoms with Crippen molar-refractivity contribution in [3.63, 3.8) is 0 Å². The molecule has 19 heavy (non-hydrogen) atoms. The molecule has 6 heteroatoms. The predicted octanol–water partition coefficient (Wildman–Crippen LogP) is 1.32. The van der Waals surface area contributed by atoms with E-state index in [1.807, 2.05) is 0 Å². The zero-order chi connectivity index (χ0) is 13.8. The highest BCUT2D eigenvalue weighted by atomic mass is 16.5. The molecule has 0 spiro atoms. The number of methoxy groups -OCH3 is 2. The van der Waals surface area contributed by atoms with E-state index >= 15 is 0 Å². The van der Waals surface area contributed by atoms with E-state index in [0.717, 1.165) is 18.3 Å². The molecule has 1 aliphatic rings. The first kappa shape index (κ1) is 13.9. The third kappa shape index (κ3) is 3.07. The van der Waals surface area contributed by atoms with E-state index < -0.39 is 0 Å². The lowest BCUT2D eigenvalue weighted by molar-refractivity contribution is 0.202. The number of nitrogens with two attached hydrogens (primary N) is 1. The molecule has 0 bridgehead atoms. The van der Waals surface area contributed by atoms with Crippen molar-refractivity contribution < 1.29 is 9.47 Å². The number of hydrogen-bond donors (Lipinski definition) is 1. The van der Waals surface area contributed by atoms with Crippen LogP contribution < -0.4 is 15.4 Å². The van der Waals surface area contributed by atoms with Crippen LogP contribution in [0.4, 0.5) is 11.5 Å². The Hall–Kier alpha value is -1.56. The molecular weight excluding hydrogens is 244 g/mol. The highest BCUT2D eigenvalue weighted by Crippen LogP contribution is 2.38. The maximum atomic E-state index is 6.09. The molecule has 106 valence electrons. The van der Waals surface area contributed by atoms with E-state index in [9.17, 15) is 0 Å². The molecule has 1 unspecified atom stereocenters. The molecule has 1 heterocycles. The lowest BCUT2D eigenvalue weighted by atomic mass is 10.1. The Balaban J connectivity index is 2.25. The fourth-order valence-corrected chi connectivity index (χ4v) is 2.29. The second kappa shape index (κ2) is 6.06. The third-order valence-electron chi connectivity index (χ3n) is 3.62. The Morgan fingerprint density at radius 3 is 2.74 bits per heavy atom. The van der Waals surface area contributed by atoms with Crippen LogP contribution in [0.1, 0.15) is 19.8 Å². The topological polar surface area (TPSA) is 73.5 Å². The Kier molecular flexibility index (Phi) is 4.42. The number of anilines is 2. The average molecular weight is 266 g/mol. The fraction of sp³-hybridized carbons (Fsp3) is 0.692. The molecule has 0 saturated heterocycles. The highest BCUT2D eigenvalue weighted by molar-refractivity contribution is 5.68. The molecule has 1 saturated carbocycles.